The Kier molecular flexibility index (Phi) is 3.74. The van der Waals surface area contributed by atoms with Crippen molar-refractivity contribution in [2.24, 2.45) is 5.92 Å². The van der Waals surface area contributed by atoms with Gasteiger partial charge < -0.3 is 10.4 Å². The fourth-order valence-electron chi connectivity index (χ4n) is 2.70. The Balaban J connectivity index is 2.61. The maximum atomic E-state index is 10.5. The lowest BCUT2D eigenvalue weighted by molar-refractivity contribution is -0.0280. The highest BCUT2D eigenvalue weighted by Gasteiger charge is 2.43. The second kappa shape index (κ2) is 4.43. The summed E-state index contributed by atoms with van der Waals surface area (Å²) >= 11 is 0. The van der Waals surface area contributed by atoms with Crippen molar-refractivity contribution in [3.05, 3.63) is 0 Å². The van der Waals surface area contributed by atoms with E-state index in [0.717, 1.165) is 19.4 Å². The van der Waals surface area contributed by atoms with Gasteiger partial charge in [0.05, 0.1) is 5.60 Å². The number of nitrogens with one attached hydrogen (secondary N) is 1. The van der Waals surface area contributed by atoms with E-state index in [1.54, 1.807) is 0 Å². The zero-order valence-electron chi connectivity index (χ0n) is 9.14. The van der Waals surface area contributed by atoms with Gasteiger partial charge in [-0.15, -0.1) is 0 Å². The van der Waals surface area contributed by atoms with E-state index in [4.69, 9.17) is 0 Å². The van der Waals surface area contributed by atoms with Crippen molar-refractivity contribution in [2.75, 3.05) is 6.54 Å². The number of aliphatic hydroxyl groups is 1. The maximum absolute atomic E-state index is 10.5. The SMILES string of the molecule is CCNC(C)C1(O)CCCC1CC. The summed E-state index contributed by atoms with van der Waals surface area (Å²) in [5.74, 6) is 0.501. The molecule has 13 heavy (non-hydrogen) atoms. The summed E-state index contributed by atoms with van der Waals surface area (Å²) in [4.78, 5) is 0. The third kappa shape index (κ3) is 2.05. The van der Waals surface area contributed by atoms with E-state index in [9.17, 15) is 5.11 Å². The van der Waals surface area contributed by atoms with Gasteiger partial charge in [0.1, 0.15) is 0 Å². The monoisotopic (exact) mass is 185 g/mol. The lowest BCUT2D eigenvalue weighted by Crippen LogP contribution is -2.51. The van der Waals surface area contributed by atoms with Gasteiger partial charge in [0.2, 0.25) is 0 Å². The van der Waals surface area contributed by atoms with Crippen LogP contribution < -0.4 is 5.32 Å². The minimum atomic E-state index is -0.440. The zero-order chi connectivity index (χ0) is 9.90. The molecule has 2 heteroatoms. The minimum Gasteiger partial charge on any atom is -0.388 e. The van der Waals surface area contributed by atoms with Crippen molar-refractivity contribution in [3.8, 4) is 0 Å². The molecule has 3 unspecified atom stereocenters. The maximum Gasteiger partial charge on any atom is 0.0825 e. The number of hydrogen-bond donors (Lipinski definition) is 2. The smallest absolute Gasteiger partial charge is 0.0825 e. The van der Waals surface area contributed by atoms with Crippen molar-refractivity contribution < 1.29 is 5.11 Å². The fourth-order valence-corrected chi connectivity index (χ4v) is 2.70. The topological polar surface area (TPSA) is 32.3 Å². The van der Waals surface area contributed by atoms with Crippen LogP contribution in [0.2, 0.25) is 0 Å². The van der Waals surface area contributed by atoms with Crippen LogP contribution in [0.1, 0.15) is 46.5 Å². The fraction of sp³-hybridized carbons (Fsp3) is 1.00. The lowest BCUT2D eigenvalue weighted by Gasteiger charge is -2.36. The Morgan fingerprint density at radius 3 is 2.77 bits per heavy atom. The van der Waals surface area contributed by atoms with E-state index < -0.39 is 5.60 Å². The summed E-state index contributed by atoms with van der Waals surface area (Å²) in [6.45, 7) is 7.33. The predicted octanol–water partition coefficient (Wildman–Crippen LogP) is 1.93. The summed E-state index contributed by atoms with van der Waals surface area (Å²) in [6.07, 6.45) is 4.46. The molecule has 0 bridgehead atoms. The normalized spacial score (nSPS) is 36.5. The van der Waals surface area contributed by atoms with Crippen molar-refractivity contribution >= 4 is 0 Å². The molecule has 0 aromatic carbocycles. The van der Waals surface area contributed by atoms with Gasteiger partial charge in [-0.2, -0.15) is 0 Å². The van der Waals surface area contributed by atoms with E-state index in [1.807, 2.05) is 0 Å². The molecule has 0 heterocycles. The molecular weight excluding hydrogens is 162 g/mol. The first-order valence-corrected chi connectivity index (χ1v) is 5.60. The number of likely N-dealkylation sites (N-methyl/N-ethyl adjacent to an activating group) is 1. The summed E-state index contributed by atoms with van der Waals surface area (Å²) in [6, 6.07) is 0.241. The highest BCUT2D eigenvalue weighted by atomic mass is 16.3. The molecular formula is C11H23NO. The molecule has 0 spiro atoms. The van der Waals surface area contributed by atoms with E-state index in [2.05, 4.69) is 26.1 Å². The van der Waals surface area contributed by atoms with Crippen LogP contribution in [0.5, 0.6) is 0 Å². The van der Waals surface area contributed by atoms with Crippen LogP contribution in [0.15, 0.2) is 0 Å². The van der Waals surface area contributed by atoms with E-state index in [0.29, 0.717) is 5.92 Å². The van der Waals surface area contributed by atoms with Gasteiger partial charge >= 0.3 is 0 Å². The van der Waals surface area contributed by atoms with Gasteiger partial charge in [-0.3, -0.25) is 0 Å². The molecule has 0 radical (unpaired) electrons. The molecule has 78 valence electrons. The van der Waals surface area contributed by atoms with Crippen molar-refractivity contribution in [3.63, 3.8) is 0 Å². The first kappa shape index (κ1) is 11.0. The molecule has 1 rings (SSSR count). The van der Waals surface area contributed by atoms with Crippen LogP contribution in [0.25, 0.3) is 0 Å². The Hall–Kier alpha value is -0.0800. The van der Waals surface area contributed by atoms with Gasteiger partial charge in [-0.1, -0.05) is 26.7 Å². The highest BCUT2D eigenvalue weighted by Crippen LogP contribution is 2.39. The Labute approximate surface area is 81.7 Å². The van der Waals surface area contributed by atoms with Crippen LogP contribution in [-0.2, 0) is 0 Å². The van der Waals surface area contributed by atoms with Crippen LogP contribution in [0.4, 0.5) is 0 Å². The average molecular weight is 185 g/mol. The molecule has 2 nitrogen and oxygen atoms in total. The predicted molar refractivity (Wildman–Crippen MR) is 55.7 cm³/mol. The van der Waals surface area contributed by atoms with E-state index in [1.165, 1.54) is 12.8 Å². The largest absolute Gasteiger partial charge is 0.388 e. The van der Waals surface area contributed by atoms with Crippen molar-refractivity contribution in [2.45, 2.75) is 58.1 Å². The van der Waals surface area contributed by atoms with Crippen molar-refractivity contribution in [1.82, 2.24) is 5.32 Å². The van der Waals surface area contributed by atoms with Gasteiger partial charge in [0.25, 0.3) is 0 Å². The Bertz CT molecular complexity index is 160. The van der Waals surface area contributed by atoms with Gasteiger partial charge in [0.15, 0.2) is 0 Å². The van der Waals surface area contributed by atoms with E-state index >= 15 is 0 Å². The molecule has 1 fully saturated rings. The molecule has 1 aliphatic rings. The summed E-state index contributed by atoms with van der Waals surface area (Å²) in [7, 11) is 0. The standard InChI is InChI=1S/C11H23NO/c1-4-10-7-6-8-11(10,13)9(3)12-5-2/h9-10,12-13H,4-8H2,1-3H3. The highest BCUT2D eigenvalue weighted by molar-refractivity contribution is 4.98. The van der Waals surface area contributed by atoms with Crippen LogP contribution in [-0.4, -0.2) is 23.3 Å². The molecule has 0 saturated heterocycles. The molecule has 0 aliphatic heterocycles. The summed E-state index contributed by atoms with van der Waals surface area (Å²) < 4.78 is 0. The van der Waals surface area contributed by atoms with Gasteiger partial charge in [-0.05, 0) is 32.2 Å². The molecule has 0 aromatic heterocycles. The van der Waals surface area contributed by atoms with Crippen LogP contribution in [0.3, 0.4) is 0 Å². The molecule has 1 saturated carbocycles. The second-order valence-electron chi connectivity index (χ2n) is 4.27. The zero-order valence-corrected chi connectivity index (χ0v) is 9.14. The summed E-state index contributed by atoms with van der Waals surface area (Å²) in [5, 5.41) is 13.8. The summed E-state index contributed by atoms with van der Waals surface area (Å²) in [5.41, 5.74) is -0.440. The van der Waals surface area contributed by atoms with Crippen molar-refractivity contribution in [1.29, 1.82) is 0 Å². The van der Waals surface area contributed by atoms with Gasteiger partial charge in [0, 0.05) is 6.04 Å². The number of rotatable bonds is 4. The Morgan fingerprint density at radius 2 is 2.23 bits per heavy atom. The lowest BCUT2D eigenvalue weighted by atomic mass is 9.83. The molecule has 3 atom stereocenters. The van der Waals surface area contributed by atoms with Gasteiger partial charge in [-0.25, -0.2) is 0 Å². The first-order chi connectivity index (χ1) is 6.15. The molecule has 2 N–H and O–H groups in total. The minimum absolute atomic E-state index is 0.241. The molecule has 0 amide bonds. The Morgan fingerprint density at radius 1 is 1.54 bits per heavy atom. The number of hydrogen-bond acceptors (Lipinski definition) is 2. The first-order valence-electron chi connectivity index (χ1n) is 5.60. The van der Waals surface area contributed by atoms with E-state index in [-0.39, 0.29) is 6.04 Å². The second-order valence-corrected chi connectivity index (χ2v) is 4.27. The van der Waals surface area contributed by atoms with Crippen LogP contribution >= 0.6 is 0 Å². The molecule has 1 aliphatic carbocycles. The third-order valence-electron chi connectivity index (χ3n) is 3.59. The van der Waals surface area contributed by atoms with Crippen LogP contribution in [0, 0.1) is 5.92 Å². The molecule has 0 aromatic rings. The average Bonchev–Trinajstić information content (AvgIpc) is 2.48. The third-order valence-corrected chi connectivity index (χ3v) is 3.59. The quantitative estimate of drug-likeness (QED) is 0.701.